The summed E-state index contributed by atoms with van der Waals surface area (Å²) < 4.78 is 40.1. The smallest absolute Gasteiger partial charge is 0.256 e. The van der Waals surface area contributed by atoms with E-state index in [0.717, 1.165) is 22.0 Å². The number of carbonyl (C=O) groups is 2. The number of nitrogens with zero attached hydrogens (tertiary/aromatic N) is 1. The molecule has 154 valence electrons. The maximum atomic E-state index is 13.1. The SMILES string of the molecule is O=C(Cc1ccccc1)NNC(=O)[C@@H]1CCCCN1S(=O)(=O)c1ccc(F)cc1. The van der Waals surface area contributed by atoms with Gasteiger partial charge >= 0.3 is 0 Å². The molecule has 7 nitrogen and oxygen atoms in total. The van der Waals surface area contributed by atoms with Crippen molar-refractivity contribution in [2.75, 3.05) is 6.54 Å². The van der Waals surface area contributed by atoms with Crippen molar-refractivity contribution in [1.29, 1.82) is 0 Å². The van der Waals surface area contributed by atoms with E-state index < -0.39 is 33.7 Å². The Morgan fingerprint density at radius 1 is 1.00 bits per heavy atom. The molecule has 0 aromatic heterocycles. The Balaban J connectivity index is 1.66. The molecule has 1 aliphatic heterocycles. The van der Waals surface area contributed by atoms with Gasteiger partial charge < -0.3 is 0 Å². The number of piperidine rings is 1. The Bertz CT molecular complexity index is 965. The maximum Gasteiger partial charge on any atom is 0.256 e. The molecular weight excluding hydrogens is 397 g/mol. The molecular formula is C20H22FN3O4S. The molecule has 0 radical (unpaired) electrons. The Kier molecular flexibility index (Phi) is 6.60. The lowest BCUT2D eigenvalue weighted by molar-refractivity contribution is -0.131. The lowest BCUT2D eigenvalue weighted by Gasteiger charge is -2.33. The molecule has 3 rings (SSSR count). The topological polar surface area (TPSA) is 95.6 Å². The van der Waals surface area contributed by atoms with Crippen LogP contribution in [0.4, 0.5) is 4.39 Å². The van der Waals surface area contributed by atoms with E-state index in [2.05, 4.69) is 10.9 Å². The fourth-order valence-corrected chi connectivity index (χ4v) is 4.89. The summed E-state index contributed by atoms with van der Waals surface area (Å²) in [6.07, 6.45) is 1.72. The minimum atomic E-state index is -3.97. The molecule has 1 heterocycles. The predicted octanol–water partition coefficient (Wildman–Crippen LogP) is 1.76. The zero-order valence-corrected chi connectivity index (χ0v) is 16.5. The number of hydrogen-bond donors (Lipinski definition) is 2. The third kappa shape index (κ3) is 5.18. The van der Waals surface area contributed by atoms with Crippen molar-refractivity contribution in [1.82, 2.24) is 15.2 Å². The van der Waals surface area contributed by atoms with Crippen LogP contribution in [-0.2, 0) is 26.0 Å². The highest BCUT2D eigenvalue weighted by Gasteiger charge is 2.37. The van der Waals surface area contributed by atoms with Crippen LogP contribution in [-0.4, -0.2) is 37.1 Å². The molecule has 0 spiro atoms. The molecule has 0 bridgehead atoms. The van der Waals surface area contributed by atoms with E-state index in [1.165, 1.54) is 12.1 Å². The van der Waals surface area contributed by atoms with Crippen molar-refractivity contribution in [3.63, 3.8) is 0 Å². The third-order valence-electron chi connectivity index (χ3n) is 4.71. The van der Waals surface area contributed by atoms with Crippen LogP contribution in [0, 0.1) is 5.82 Å². The van der Waals surface area contributed by atoms with Crippen molar-refractivity contribution in [3.05, 3.63) is 66.0 Å². The van der Waals surface area contributed by atoms with Gasteiger partial charge in [0.1, 0.15) is 11.9 Å². The number of rotatable bonds is 5. The molecule has 9 heteroatoms. The zero-order valence-electron chi connectivity index (χ0n) is 15.7. The van der Waals surface area contributed by atoms with E-state index in [1.54, 1.807) is 24.3 Å². The first-order chi connectivity index (χ1) is 13.9. The normalized spacial score (nSPS) is 17.5. The van der Waals surface area contributed by atoms with Crippen molar-refractivity contribution < 1.29 is 22.4 Å². The number of benzene rings is 2. The predicted molar refractivity (Wildman–Crippen MR) is 104 cm³/mol. The van der Waals surface area contributed by atoms with Gasteiger partial charge in [-0.25, -0.2) is 12.8 Å². The molecule has 2 amide bonds. The van der Waals surface area contributed by atoms with Gasteiger partial charge in [-0.05, 0) is 42.7 Å². The van der Waals surface area contributed by atoms with E-state index in [0.29, 0.717) is 19.3 Å². The van der Waals surface area contributed by atoms with Gasteiger partial charge in [-0.15, -0.1) is 0 Å². The van der Waals surface area contributed by atoms with Crippen LogP contribution in [0.5, 0.6) is 0 Å². The summed E-state index contributed by atoms with van der Waals surface area (Å²) in [7, 11) is -3.97. The minimum absolute atomic E-state index is 0.0771. The van der Waals surface area contributed by atoms with E-state index in [9.17, 15) is 22.4 Å². The summed E-state index contributed by atoms with van der Waals surface area (Å²) in [6, 6.07) is 12.6. The van der Waals surface area contributed by atoms with E-state index >= 15 is 0 Å². The summed E-state index contributed by atoms with van der Waals surface area (Å²) in [5.41, 5.74) is 5.46. The molecule has 0 saturated carbocycles. The Labute approximate surface area is 168 Å². The molecule has 1 aliphatic rings. The lowest BCUT2D eigenvalue weighted by atomic mass is 10.0. The lowest BCUT2D eigenvalue weighted by Crippen LogP contribution is -2.55. The Hall–Kier alpha value is -2.78. The molecule has 2 aromatic carbocycles. The second-order valence-corrected chi connectivity index (χ2v) is 8.67. The number of sulfonamides is 1. The van der Waals surface area contributed by atoms with E-state index in [1.807, 2.05) is 6.07 Å². The number of hydrogen-bond acceptors (Lipinski definition) is 4. The molecule has 0 unspecified atom stereocenters. The molecule has 0 aliphatic carbocycles. The van der Waals surface area contributed by atoms with Crippen LogP contribution < -0.4 is 10.9 Å². The molecule has 1 fully saturated rings. The van der Waals surface area contributed by atoms with Gasteiger partial charge in [0.05, 0.1) is 11.3 Å². The van der Waals surface area contributed by atoms with E-state index in [-0.39, 0.29) is 17.9 Å². The maximum absolute atomic E-state index is 13.1. The second-order valence-electron chi connectivity index (χ2n) is 6.78. The number of halogens is 1. The van der Waals surface area contributed by atoms with Crippen LogP contribution in [0.15, 0.2) is 59.5 Å². The summed E-state index contributed by atoms with van der Waals surface area (Å²) >= 11 is 0. The van der Waals surface area contributed by atoms with Gasteiger partial charge in [-0.3, -0.25) is 20.4 Å². The average molecular weight is 419 g/mol. The fourth-order valence-electron chi connectivity index (χ4n) is 3.24. The largest absolute Gasteiger partial charge is 0.273 e. The van der Waals surface area contributed by atoms with Gasteiger partial charge in [0.15, 0.2) is 0 Å². The van der Waals surface area contributed by atoms with Gasteiger partial charge in [-0.2, -0.15) is 4.31 Å². The van der Waals surface area contributed by atoms with Gasteiger partial charge in [0.25, 0.3) is 5.91 Å². The van der Waals surface area contributed by atoms with Crippen molar-refractivity contribution in [3.8, 4) is 0 Å². The highest BCUT2D eigenvalue weighted by Crippen LogP contribution is 2.25. The second kappa shape index (κ2) is 9.15. The molecule has 1 atom stereocenters. The van der Waals surface area contributed by atoms with Crippen LogP contribution >= 0.6 is 0 Å². The highest BCUT2D eigenvalue weighted by molar-refractivity contribution is 7.89. The summed E-state index contributed by atoms with van der Waals surface area (Å²) in [6.45, 7) is 0.176. The monoisotopic (exact) mass is 419 g/mol. The molecule has 29 heavy (non-hydrogen) atoms. The van der Waals surface area contributed by atoms with Crippen LogP contribution in [0.1, 0.15) is 24.8 Å². The number of hydrazine groups is 1. The third-order valence-corrected chi connectivity index (χ3v) is 6.63. The van der Waals surface area contributed by atoms with Crippen molar-refractivity contribution >= 4 is 21.8 Å². The Morgan fingerprint density at radius 2 is 1.69 bits per heavy atom. The van der Waals surface area contributed by atoms with Gasteiger partial charge in [-0.1, -0.05) is 36.8 Å². The molecule has 2 aromatic rings. The van der Waals surface area contributed by atoms with Gasteiger partial charge in [0.2, 0.25) is 15.9 Å². The first kappa shape index (κ1) is 20.9. The van der Waals surface area contributed by atoms with Crippen molar-refractivity contribution in [2.24, 2.45) is 0 Å². The van der Waals surface area contributed by atoms with Gasteiger partial charge in [0, 0.05) is 6.54 Å². The fraction of sp³-hybridized carbons (Fsp3) is 0.300. The average Bonchev–Trinajstić information content (AvgIpc) is 2.73. The summed E-state index contributed by atoms with van der Waals surface area (Å²) in [4.78, 5) is 24.6. The molecule has 2 N–H and O–H groups in total. The number of amides is 2. The van der Waals surface area contributed by atoms with Crippen LogP contribution in [0.2, 0.25) is 0 Å². The van der Waals surface area contributed by atoms with Crippen LogP contribution in [0.3, 0.4) is 0 Å². The zero-order chi connectivity index (χ0) is 20.9. The first-order valence-electron chi connectivity index (χ1n) is 9.28. The minimum Gasteiger partial charge on any atom is -0.273 e. The highest BCUT2D eigenvalue weighted by atomic mass is 32.2. The van der Waals surface area contributed by atoms with Crippen molar-refractivity contribution in [2.45, 2.75) is 36.6 Å². The Morgan fingerprint density at radius 3 is 2.38 bits per heavy atom. The van der Waals surface area contributed by atoms with E-state index in [4.69, 9.17) is 0 Å². The standard InChI is InChI=1S/C20H22FN3O4S/c21-16-9-11-17(12-10-16)29(27,28)24-13-5-4-8-18(24)20(26)23-22-19(25)14-15-6-2-1-3-7-15/h1-3,6-7,9-12,18H,4-5,8,13-14H2,(H,22,25)(H,23,26)/t18-/m0/s1. The first-order valence-corrected chi connectivity index (χ1v) is 10.7. The summed E-state index contributed by atoms with van der Waals surface area (Å²) in [5.74, 6) is -1.55. The van der Waals surface area contributed by atoms with Crippen LogP contribution in [0.25, 0.3) is 0 Å². The summed E-state index contributed by atoms with van der Waals surface area (Å²) in [5, 5.41) is 0. The number of carbonyl (C=O) groups excluding carboxylic acids is 2. The number of nitrogens with one attached hydrogen (secondary N) is 2. The quantitative estimate of drug-likeness (QED) is 0.722. The molecule has 1 saturated heterocycles.